The Labute approximate surface area is 192 Å². The molecule has 2 amide bonds. The number of carbonyl (C=O) groups excluding carboxylic acids is 2. The van der Waals surface area contributed by atoms with Crippen LogP contribution in [0.4, 0.5) is 17.1 Å². The zero-order valence-electron chi connectivity index (χ0n) is 18.3. The Bertz CT molecular complexity index is 1350. The summed E-state index contributed by atoms with van der Waals surface area (Å²) in [6.07, 6.45) is 0. The number of hydrogen-bond acceptors (Lipinski definition) is 5. The lowest BCUT2D eigenvalue weighted by atomic mass is 10.1. The number of rotatable bonds is 5. The number of nitrogens with one attached hydrogen (secondary N) is 3. The summed E-state index contributed by atoms with van der Waals surface area (Å²) in [4.78, 5) is 24.6. The third-order valence-corrected chi connectivity index (χ3v) is 6.43. The average molecular weight is 466 g/mol. The molecule has 3 N–H and O–H groups in total. The maximum absolute atomic E-state index is 12.8. The van der Waals surface area contributed by atoms with Crippen LogP contribution in [0.2, 0.25) is 0 Å². The fourth-order valence-electron chi connectivity index (χ4n) is 3.22. The lowest BCUT2D eigenvalue weighted by Gasteiger charge is -2.12. The van der Waals surface area contributed by atoms with Crippen LogP contribution in [0.5, 0.6) is 11.5 Å². The highest BCUT2D eigenvalue weighted by molar-refractivity contribution is 7.92. The van der Waals surface area contributed by atoms with E-state index in [1.54, 1.807) is 32.0 Å². The molecular weight excluding hydrogens is 442 g/mol. The number of hydrogen-bond donors (Lipinski definition) is 3. The summed E-state index contributed by atoms with van der Waals surface area (Å²) in [6.45, 7) is 5.44. The maximum atomic E-state index is 12.8. The van der Waals surface area contributed by atoms with E-state index >= 15 is 0 Å². The number of benzene rings is 3. The van der Waals surface area contributed by atoms with Crippen molar-refractivity contribution in [3.05, 3.63) is 71.8 Å². The quantitative estimate of drug-likeness (QED) is 0.503. The van der Waals surface area contributed by atoms with Crippen LogP contribution in [0.3, 0.4) is 0 Å². The first-order chi connectivity index (χ1) is 15.6. The highest BCUT2D eigenvalue weighted by Crippen LogP contribution is 2.37. The molecule has 8 nitrogen and oxygen atoms in total. The number of anilines is 3. The summed E-state index contributed by atoms with van der Waals surface area (Å²) in [5.41, 5.74) is 2.43. The molecule has 0 saturated heterocycles. The van der Waals surface area contributed by atoms with Crippen LogP contribution in [0.15, 0.2) is 65.6 Å². The first-order valence-electron chi connectivity index (χ1n) is 10.3. The normalized spacial score (nSPS) is 12.7. The Hall–Kier alpha value is -3.85. The van der Waals surface area contributed by atoms with Gasteiger partial charge in [-0.25, -0.2) is 8.42 Å². The first-order valence-corrected chi connectivity index (χ1v) is 11.8. The van der Waals surface area contributed by atoms with Gasteiger partial charge in [-0.05, 0) is 67.1 Å². The summed E-state index contributed by atoms with van der Waals surface area (Å²) in [7, 11) is -3.92. The van der Waals surface area contributed by atoms with Gasteiger partial charge in [-0.2, -0.15) is 0 Å². The highest BCUT2D eigenvalue weighted by atomic mass is 32.2. The molecule has 0 aliphatic carbocycles. The molecule has 0 atom stereocenters. The first kappa shape index (κ1) is 22.3. The predicted octanol–water partition coefficient (Wildman–Crippen LogP) is 4.75. The van der Waals surface area contributed by atoms with E-state index in [0.29, 0.717) is 22.9 Å². The van der Waals surface area contributed by atoms with Crippen LogP contribution in [0.1, 0.15) is 29.8 Å². The smallest absolute Gasteiger partial charge is 0.261 e. The number of aryl methyl sites for hydroxylation is 1. The molecule has 0 radical (unpaired) electrons. The molecule has 0 spiro atoms. The largest absolute Gasteiger partial charge is 0.454 e. The van der Waals surface area contributed by atoms with E-state index < -0.39 is 15.9 Å². The van der Waals surface area contributed by atoms with Gasteiger partial charge in [0, 0.05) is 17.3 Å². The minimum absolute atomic E-state index is 0.0172. The molecule has 1 aliphatic heterocycles. The van der Waals surface area contributed by atoms with Crippen molar-refractivity contribution in [2.45, 2.75) is 25.7 Å². The van der Waals surface area contributed by atoms with Crippen LogP contribution in [0, 0.1) is 12.8 Å². The predicted molar refractivity (Wildman–Crippen MR) is 126 cm³/mol. The van der Waals surface area contributed by atoms with Crippen molar-refractivity contribution in [3.8, 4) is 11.5 Å². The zero-order chi connectivity index (χ0) is 23.8. The van der Waals surface area contributed by atoms with E-state index in [1.165, 1.54) is 36.4 Å². The molecule has 0 saturated carbocycles. The lowest BCUT2D eigenvalue weighted by Crippen LogP contribution is -2.18. The molecule has 1 aliphatic rings. The van der Waals surface area contributed by atoms with Crippen LogP contribution in [-0.4, -0.2) is 20.2 Å². The topological polar surface area (TPSA) is 114 Å². The number of fused-ring (bicyclic) bond motifs is 2. The molecular formula is C24H23N3O5S. The van der Waals surface area contributed by atoms with E-state index in [9.17, 15) is 18.0 Å². The van der Waals surface area contributed by atoms with Gasteiger partial charge < -0.3 is 15.4 Å². The number of carbonyl (C=O) groups is 2. The molecule has 3 aromatic rings. The average Bonchev–Trinajstić information content (AvgIpc) is 2.89. The molecule has 0 aromatic heterocycles. The Morgan fingerprint density at radius 2 is 1.61 bits per heavy atom. The van der Waals surface area contributed by atoms with Crippen molar-refractivity contribution in [1.82, 2.24) is 0 Å². The Morgan fingerprint density at radius 1 is 0.939 bits per heavy atom. The number of ether oxygens (including phenoxy) is 1. The standard InChI is InChI=1S/C24H23N3O5S/c1-14(2)23(28)25-16-5-8-18(9-6-16)33(30,31)27-17-7-11-21-19(13-17)24(29)26-20-12-15(3)4-10-22(20)32-21/h4-14,27H,1-3H3,(H,25,28)(H,26,29). The monoisotopic (exact) mass is 465 g/mol. The SMILES string of the molecule is Cc1ccc2c(c1)NC(=O)c1cc(NS(=O)(=O)c3ccc(NC(=O)C(C)C)cc3)ccc1O2. The van der Waals surface area contributed by atoms with E-state index in [-0.39, 0.29) is 28.0 Å². The van der Waals surface area contributed by atoms with Gasteiger partial charge in [0.15, 0.2) is 5.75 Å². The summed E-state index contributed by atoms with van der Waals surface area (Å²) in [5.74, 6) is 0.0717. The van der Waals surface area contributed by atoms with Gasteiger partial charge in [0.05, 0.1) is 16.1 Å². The second-order valence-electron chi connectivity index (χ2n) is 8.04. The molecule has 33 heavy (non-hydrogen) atoms. The lowest BCUT2D eigenvalue weighted by molar-refractivity contribution is -0.118. The van der Waals surface area contributed by atoms with E-state index in [1.807, 2.05) is 13.0 Å². The molecule has 0 bridgehead atoms. The number of sulfonamides is 1. The van der Waals surface area contributed by atoms with Gasteiger partial charge in [-0.15, -0.1) is 0 Å². The third-order valence-electron chi connectivity index (χ3n) is 5.04. The fraction of sp³-hybridized carbons (Fsp3) is 0.167. The third kappa shape index (κ3) is 4.83. The second-order valence-corrected chi connectivity index (χ2v) is 9.72. The van der Waals surface area contributed by atoms with Crippen molar-refractivity contribution < 1.29 is 22.7 Å². The van der Waals surface area contributed by atoms with Crippen molar-refractivity contribution in [3.63, 3.8) is 0 Å². The van der Waals surface area contributed by atoms with Gasteiger partial charge in [0.2, 0.25) is 5.91 Å². The Kier molecular flexibility index (Phi) is 5.82. The van der Waals surface area contributed by atoms with Crippen LogP contribution < -0.4 is 20.1 Å². The minimum atomic E-state index is -3.92. The van der Waals surface area contributed by atoms with Gasteiger partial charge >= 0.3 is 0 Å². The minimum Gasteiger partial charge on any atom is -0.454 e. The van der Waals surface area contributed by atoms with Crippen molar-refractivity contribution in [1.29, 1.82) is 0 Å². The summed E-state index contributed by atoms with van der Waals surface area (Å²) < 4.78 is 34.0. The molecule has 3 aromatic carbocycles. The van der Waals surface area contributed by atoms with E-state index in [4.69, 9.17) is 4.74 Å². The van der Waals surface area contributed by atoms with Gasteiger partial charge in [-0.3, -0.25) is 14.3 Å². The molecule has 9 heteroatoms. The van der Waals surface area contributed by atoms with Crippen molar-refractivity contribution in [2.75, 3.05) is 15.4 Å². The van der Waals surface area contributed by atoms with Gasteiger partial charge in [-0.1, -0.05) is 19.9 Å². The molecule has 0 fully saturated rings. The molecule has 170 valence electrons. The van der Waals surface area contributed by atoms with Crippen LogP contribution >= 0.6 is 0 Å². The van der Waals surface area contributed by atoms with Gasteiger partial charge in [0.25, 0.3) is 15.9 Å². The second kappa shape index (κ2) is 8.59. The number of amides is 2. The molecule has 4 rings (SSSR count). The Balaban J connectivity index is 1.55. The summed E-state index contributed by atoms with van der Waals surface area (Å²) in [5, 5.41) is 5.51. The zero-order valence-corrected chi connectivity index (χ0v) is 19.1. The fourth-order valence-corrected chi connectivity index (χ4v) is 4.27. The highest BCUT2D eigenvalue weighted by Gasteiger charge is 2.23. The summed E-state index contributed by atoms with van der Waals surface area (Å²) >= 11 is 0. The van der Waals surface area contributed by atoms with Crippen molar-refractivity contribution in [2.24, 2.45) is 5.92 Å². The van der Waals surface area contributed by atoms with Crippen LogP contribution in [-0.2, 0) is 14.8 Å². The molecule has 1 heterocycles. The van der Waals surface area contributed by atoms with E-state index in [2.05, 4.69) is 15.4 Å². The maximum Gasteiger partial charge on any atom is 0.261 e. The van der Waals surface area contributed by atoms with Crippen LogP contribution in [0.25, 0.3) is 0 Å². The van der Waals surface area contributed by atoms with E-state index in [0.717, 1.165) is 5.56 Å². The van der Waals surface area contributed by atoms with Gasteiger partial charge in [0.1, 0.15) is 5.75 Å². The Morgan fingerprint density at radius 3 is 2.30 bits per heavy atom. The molecule has 0 unspecified atom stereocenters. The van der Waals surface area contributed by atoms with Crippen molar-refractivity contribution >= 4 is 38.9 Å². The summed E-state index contributed by atoms with van der Waals surface area (Å²) in [6, 6.07) is 15.8.